The van der Waals surface area contributed by atoms with Crippen molar-refractivity contribution < 1.29 is 85.9 Å². The van der Waals surface area contributed by atoms with E-state index in [9.17, 15) is 33.8 Å². The van der Waals surface area contributed by atoms with E-state index in [4.69, 9.17) is 78.7 Å². The van der Waals surface area contributed by atoms with Crippen molar-refractivity contribution in [2.24, 2.45) is 23.7 Å². The first-order valence-corrected chi connectivity index (χ1v) is 47.6. The molecule has 4 aliphatic rings. The molecule has 8 aromatic heterocycles. The van der Waals surface area contributed by atoms with E-state index in [1.54, 1.807) is 91.5 Å². The van der Waals surface area contributed by atoms with Gasteiger partial charge in [-0.05, 0) is 143 Å². The quantitative estimate of drug-likeness (QED) is 0.0158. The zero-order valence-corrected chi connectivity index (χ0v) is 83.7. The van der Waals surface area contributed by atoms with Crippen LogP contribution >= 0.6 is 11.6 Å². The van der Waals surface area contributed by atoms with Gasteiger partial charge in [0, 0.05) is 197 Å². The van der Waals surface area contributed by atoms with Gasteiger partial charge in [-0.25, -0.2) is 44.3 Å². The number of benzene rings is 4. The number of likely N-dealkylation sites (N-methyl/N-ethyl adjacent to an activating group) is 2. The van der Waals surface area contributed by atoms with E-state index >= 15 is 0 Å². The van der Waals surface area contributed by atoms with Crippen molar-refractivity contribution in [3.05, 3.63) is 202 Å². The Bertz CT molecular complexity index is 6500. The number of carbonyl (C=O) groups excluding carboxylic acids is 4. The molecule has 12 aromatic rings. The van der Waals surface area contributed by atoms with Crippen LogP contribution in [0.4, 0.5) is 50.9 Å². The second-order valence-electron chi connectivity index (χ2n) is 35.3. The summed E-state index contributed by atoms with van der Waals surface area (Å²) in [5, 5.41) is 53.1. The van der Waals surface area contributed by atoms with E-state index in [1.165, 1.54) is 31.4 Å². The van der Waals surface area contributed by atoms with E-state index in [-0.39, 0.29) is 96.5 Å². The number of carbonyl (C=O) groups is 4. The van der Waals surface area contributed by atoms with Gasteiger partial charge in [0.15, 0.2) is 34.7 Å². The zero-order valence-electron chi connectivity index (χ0n) is 82.9. The Labute approximate surface area is 841 Å². The summed E-state index contributed by atoms with van der Waals surface area (Å²) in [6, 6.07) is 35.1. The molecule has 4 fully saturated rings. The van der Waals surface area contributed by atoms with Gasteiger partial charge < -0.3 is 115 Å². The molecule has 37 heteroatoms. The summed E-state index contributed by atoms with van der Waals surface area (Å²) in [4.78, 5) is 89.6. The molecule has 144 heavy (non-hydrogen) atoms. The Kier molecular flexibility index (Phi) is 38.7. The lowest BCUT2D eigenvalue weighted by atomic mass is 9.97. The highest BCUT2D eigenvalue weighted by Gasteiger charge is 2.35. The number of fused-ring (bicyclic) bond motifs is 4. The van der Waals surface area contributed by atoms with Crippen LogP contribution in [-0.4, -0.2) is 290 Å². The molecule has 16 rings (SSSR count). The van der Waals surface area contributed by atoms with Gasteiger partial charge in [-0.1, -0.05) is 44.0 Å². The Morgan fingerprint density at radius 2 is 0.688 bits per heavy atom. The molecule has 0 radical (unpaired) electrons. The van der Waals surface area contributed by atoms with Crippen molar-refractivity contribution >= 4 is 124 Å². The summed E-state index contributed by atoms with van der Waals surface area (Å²) in [5.74, 6) is 8.93. The molecular weight excluding hydrogens is 1860 g/mol. The van der Waals surface area contributed by atoms with Crippen molar-refractivity contribution in [3.8, 4) is 85.3 Å². The number of nitrogens with one attached hydrogen (secondary N) is 8. The third kappa shape index (κ3) is 28.2. The molecule has 0 saturated carbocycles. The lowest BCUT2D eigenvalue weighted by Crippen LogP contribution is -2.29. The average molecular weight is 1990 g/mol. The van der Waals surface area contributed by atoms with Gasteiger partial charge in [-0.2, -0.15) is 0 Å². The number of aromatic nitrogens is 8. The molecular formula is C107H126ClFN18O17. The fraction of sp³-hybridized carbons (Fsp3) is 0.364. The molecule has 4 aliphatic heterocycles. The minimum Gasteiger partial charge on any atom is -0.497 e. The van der Waals surface area contributed by atoms with E-state index in [1.807, 2.05) is 119 Å². The summed E-state index contributed by atoms with van der Waals surface area (Å²) in [6.45, 7) is 22.0. The SMILES string of the molecule is C=CC(=O)C[C@H]1COC[C@H]1Nc1cc2c(NCCN(C)C)nc(-c3cc(OC)cc(OC)c3)cc2cn1.C=CC(=O)C[C@H]1COC[C@H]1Nc1cc2c(NCCN(C)C)nc(-c3cc(OC)cc(OC)c3Cl)cc2cn1.C=CC(=O)C[C@H]1COC[C@H]1Nc1cc2c(NCCO)nc(-c3cc(OC)cc(OC)c3)cc2cn1.C=CC(=O)C[C@H]1COC[C@H]1Nc1cc2c(NCCO)nc(-c3cccc(OC)c3F)cc2cn1. The molecule has 4 saturated heterocycles. The second-order valence-corrected chi connectivity index (χ2v) is 35.6. The molecule has 0 unspecified atom stereocenters. The molecule has 0 aliphatic carbocycles. The molecule has 10 N–H and O–H groups in total. The number of ketones is 4. The van der Waals surface area contributed by atoms with Crippen molar-refractivity contribution in [2.75, 3.05) is 226 Å². The molecule has 8 atom stereocenters. The number of pyridine rings is 8. The maximum absolute atomic E-state index is 14.9. The molecule has 35 nitrogen and oxygen atoms in total. The largest absolute Gasteiger partial charge is 0.497 e. The third-order valence-corrected chi connectivity index (χ3v) is 25.1. The highest BCUT2D eigenvalue weighted by atomic mass is 35.5. The standard InChI is InChI=1S/C28H34ClN5O4.C28H35N5O4.C26H30N4O5.C25H27FN4O4/c1-6-19(35)9-18-15-38-16-24(18)32-26-13-21-17(14-31-26)10-23(33-28(21)30-7-8-34(2)3)22-11-20(36-4)12-25(37-5)27(22)29;1-6-21(34)9-20-16-37-17-26(20)31-27-14-24-19(15-30-27)12-25(32-28(24)29-7-8-33(2)3)18-10-22(35-4)13-23(11-18)36-5;1-4-19(32)7-18-14-35-15-24(18)29-25-12-22-17(13-28-25)10-23(30-26(22)27-5-6-31)16-8-20(33-2)11-21(9-16)34-3;1-3-17(32)9-16-13-34-14-21(16)29-23-11-19-15(12-28-23)10-20(30-25(19)27-7-8-31)18-5-4-6-22(33-2)24(18)26/h6,10-14,18,24H,1,7-9,15-16H2,2-5H3,(H,30,33)(H,31,32);6,10-15,20,26H,1,7-9,16-17H2,2-5H3,(H,29,32)(H,30,31);4,8-13,18,24,31H,1,5-7,14-15H2,2-3H3,(H,27,30)(H,28,29);3-6,10-12,16,21,31H,1,7-9,13-14H2,2H3,(H,27,30)(H,28,29)/t18-,24+;20-,26+;18-,24+;16-,21+/m0000/s1. The van der Waals surface area contributed by atoms with Crippen LogP contribution in [0.3, 0.4) is 0 Å². The summed E-state index contributed by atoms with van der Waals surface area (Å²) in [5.41, 5.74) is 5.29. The first-order valence-electron chi connectivity index (χ1n) is 47.2. The zero-order chi connectivity index (χ0) is 102. The van der Waals surface area contributed by atoms with Crippen molar-refractivity contribution in [1.29, 1.82) is 0 Å². The number of hydrogen-bond acceptors (Lipinski definition) is 35. The fourth-order valence-electron chi connectivity index (χ4n) is 16.9. The summed E-state index contributed by atoms with van der Waals surface area (Å²) < 4.78 is 75.1. The van der Waals surface area contributed by atoms with Crippen LogP contribution in [0.25, 0.3) is 88.1 Å². The maximum atomic E-state index is 14.9. The lowest BCUT2D eigenvalue weighted by molar-refractivity contribution is -0.116. The van der Waals surface area contributed by atoms with Crippen LogP contribution in [0.5, 0.6) is 40.2 Å². The summed E-state index contributed by atoms with van der Waals surface area (Å²) in [7, 11) is 19.2. The molecule has 0 amide bonds. The van der Waals surface area contributed by atoms with Crippen LogP contribution in [0.2, 0.25) is 5.02 Å². The van der Waals surface area contributed by atoms with Crippen LogP contribution in [0.1, 0.15) is 25.7 Å². The highest BCUT2D eigenvalue weighted by Crippen LogP contribution is 2.43. The molecule has 760 valence electrons. The first-order chi connectivity index (χ1) is 69.8. The van der Waals surface area contributed by atoms with Crippen LogP contribution in [0, 0.1) is 29.5 Å². The number of aliphatic hydroxyl groups excluding tert-OH is 2. The van der Waals surface area contributed by atoms with Gasteiger partial charge in [0.25, 0.3) is 0 Å². The van der Waals surface area contributed by atoms with Crippen LogP contribution in [0.15, 0.2) is 191 Å². The predicted molar refractivity (Wildman–Crippen MR) is 562 cm³/mol. The smallest absolute Gasteiger partial charge is 0.174 e. The summed E-state index contributed by atoms with van der Waals surface area (Å²) in [6.07, 6.45) is 14.1. The number of hydrogen-bond donors (Lipinski definition) is 10. The van der Waals surface area contributed by atoms with E-state index < -0.39 is 5.82 Å². The normalized spacial score (nSPS) is 17.2. The number of halogens is 2. The second kappa shape index (κ2) is 52.1. The Morgan fingerprint density at radius 3 is 0.986 bits per heavy atom. The number of rotatable bonds is 45. The molecule has 4 aromatic carbocycles. The van der Waals surface area contributed by atoms with E-state index in [2.05, 4.69) is 104 Å². The minimum atomic E-state index is -0.502. The van der Waals surface area contributed by atoms with Gasteiger partial charge in [0.05, 0.1) is 168 Å². The molecule has 0 bridgehead atoms. The maximum Gasteiger partial charge on any atom is 0.174 e. The number of aliphatic hydroxyl groups is 2. The minimum absolute atomic E-state index is 0.000151. The number of allylic oxidation sites excluding steroid dienone is 4. The fourth-order valence-corrected chi connectivity index (χ4v) is 17.2. The number of ether oxygens (including phenoxy) is 11. The third-order valence-electron chi connectivity index (χ3n) is 24.8. The Balaban J connectivity index is 0.000000161. The molecule has 12 heterocycles. The monoisotopic (exact) mass is 1990 g/mol. The van der Waals surface area contributed by atoms with Gasteiger partial charge >= 0.3 is 0 Å². The van der Waals surface area contributed by atoms with E-state index in [0.29, 0.717) is 200 Å². The number of anilines is 8. The summed E-state index contributed by atoms with van der Waals surface area (Å²) >= 11 is 6.69. The Hall–Kier alpha value is -14.3. The van der Waals surface area contributed by atoms with Crippen LogP contribution in [-0.2, 0) is 38.1 Å². The number of methoxy groups -OCH3 is 7. The lowest BCUT2D eigenvalue weighted by Gasteiger charge is -2.20. The Morgan fingerprint density at radius 1 is 0.389 bits per heavy atom. The van der Waals surface area contributed by atoms with Crippen LogP contribution < -0.4 is 75.7 Å². The van der Waals surface area contributed by atoms with Crippen molar-refractivity contribution in [3.63, 3.8) is 0 Å². The first kappa shape index (κ1) is 107. The van der Waals surface area contributed by atoms with Crippen molar-refractivity contribution in [2.45, 2.75) is 49.9 Å². The van der Waals surface area contributed by atoms with Gasteiger partial charge in [-0.3, -0.25) is 19.2 Å². The van der Waals surface area contributed by atoms with E-state index in [0.717, 1.165) is 85.4 Å². The van der Waals surface area contributed by atoms with Gasteiger partial charge in [0.2, 0.25) is 0 Å². The number of nitrogens with zero attached hydrogens (tertiary/aromatic N) is 10. The predicted octanol–water partition coefficient (Wildman–Crippen LogP) is 15.1. The average Bonchev–Trinajstić information content (AvgIpc) is 0.847. The topological polar surface area (TPSA) is 416 Å². The molecule has 0 spiro atoms. The highest BCUT2D eigenvalue weighted by molar-refractivity contribution is 6.35. The van der Waals surface area contributed by atoms with Gasteiger partial charge in [0.1, 0.15) is 81.0 Å². The van der Waals surface area contributed by atoms with Crippen molar-refractivity contribution in [1.82, 2.24) is 49.7 Å². The van der Waals surface area contributed by atoms with Gasteiger partial charge in [-0.15, -0.1) is 0 Å².